The molecule has 168 valence electrons. The maximum absolute atomic E-state index is 14.7. The van der Waals surface area contributed by atoms with E-state index in [1.807, 2.05) is 0 Å². The maximum Gasteiger partial charge on any atom is 0.252 e. The topological polar surface area (TPSA) is 141 Å². The van der Waals surface area contributed by atoms with Crippen LogP contribution in [0.1, 0.15) is 36.0 Å². The molecule has 1 aliphatic rings. The molecular weight excluding hydrogens is 415 g/mol. The zero-order valence-electron chi connectivity index (χ0n) is 17.6. The van der Waals surface area contributed by atoms with Gasteiger partial charge in [-0.3, -0.25) is 4.79 Å². The summed E-state index contributed by atoms with van der Waals surface area (Å²) in [4.78, 5) is 20.5. The summed E-state index contributed by atoms with van der Waals surface area (Å²) in [7, 11) is 1.50. The lowest BCUT2D eigenvalue weighted by Crippen LogP contribution is -2.43. The molecule has 0 bridgehead atoms. The van der Waals surface area contributed by atoms with Crippen LogP contribution >= 0.6 is 0 Å². The molecule has 1 fully saturated rings. The van der Waals surface area contributed by atoms with Crippen molar-refractivity contribution in [3.63, 3.8) is 0 Å². The molecule has 4 rings (SSSR count). The SMILES string of the molecule is COc1ncc(Nc2nc(N[C@@H]3CCCC[C@@H]3N)c(F)cc2C(N)=O)cc1-c1ccco1. The maximum atomic E-state index is 14.7. The van der Waals surface area contributed by atoms with Crippen molar-refractivity contribution in [3.8, 4) is 17.2 Å². The summed E-state index contributed by atoms with van der Waals surface area (Å²) >= 11 is 0. The van der Waals surface area contributed by atoms with E-state index in [-0.39, 0.29) is 29.3 Å². The van der Waals surface area contributed by atoms with Crippen LogP contribution in [-0.2, 0) is 0 Å². The van der Waals surface area contributed by atoms with Crippen molar-refractivity contribution in [2.24, 2.45) is 11.5 Å². The van der Waals surface area contributed by atoms with Crippen LogP contribution in [0.5, 0.6) is 5.88 Å². The molecule has 1 saturated carbocycles. The largest absolute Gasteiger partial charge is 0.480 e. The van der Waals surface area contributed by atoms with Gasteiger partial charge in [0.2, 0.25) is 5.88 Å². The molecule has 6 N–H and O–H groups in total. The third kappa shape index (κ3) is 4.50. The Morgan fingerprint density at radius 2 is 2.09 bits per heavy atom. The van der Waals surface area contributed by atoms with E-state index in [9.17, 15) is 9.18 Å². The quantitative estimate of drug-likeness (QED) is 0.438. The van der Waals surface area contributed by atoms with Gasteiger partial charge >= 0.3 is 0 Å². The fourth-order valence-corrected chi connectivity index (χ4v) is 3.82. The van der Waals surface area contributed by atoms with Gasteiger partial charge in [0, 0.05) is 12.1 Å². The lowest BCUT2D eigenvalue weighted by molar-refractivity contribution is 0.100. The number of hydrogen-bond donors (Lipinski definition) is 4. The molecule has 3 aromatic heterocycles. The van der Waals surface area contributed by atoms with Gasteiger partial charge in [-0.2, -0.15) is 0 Å². The summed E-state index contributed by atoms with van der Waals surface area (Å²) in [6, 6.07) is 6.10. The second kappa shape index (κ2) is 9.23. The van der Waals surface area contributed by atoms with E-state index in [0.717, 1.165) is 31.7 Å². The Morgan fingerprint density at radius 3 is 2.78 bits per heavy atom. The molecule has 1 aliphatic carbocycles. The second-order valence-corrected chi connectivity index (χ2v) is 7.66. The molecule has 0 aliphatic heterocycles. The molecule has 9 nitrogen and oxygen atoms in total. The van der Waals surface area contributed by atoms with E-state index in [1.165, 1.54) is 19.6 Å². The van der Waals surface area contributed by atoms with Gasteiger partial charge in [0.25, 0.3) is 5.91 Å². The minimum absolute atomic E-state index is 0.00702. The first kappa shape index (κ1) is 21.6. The summed E-state index contributed by atoms with van der Waals surface area (Å²) in [5, 5.41) is 6.10. The first-order valence-electron chi connectivity index (χ1n) is 10.3. The van der Waals surface area contributed by atoms with Crippen molar-refractivity contribution in [1.82, 2.24) is 9.97 Å². The average Bonchev–Trinajstić information content (AvgIpc) is 3.32. The molecule has 1 amide bonds. The molecule has 0 aromatic carbocycles. The van der Waals surface area contributed by atoms with Gasteiger partial charge in [0.15, 0.2) is 11.6 Å². The second-order valence-electron chi connectivity index (χ2n) is 7.66. The molecule has 10 heteroatoms. The van der Waals surface area contributed by atoms with Crippen LogP contribution in [0.2, 0.25) is 0 Å². The van der Waals surface area contributed by atoms with Gasteiger partial charge in [-0.1, -0.05) is 12.8 Å². The minimum atomic E-state index is -0.812. The third-order valence-electron chi connectivity index (χ3n) is 5.48. The molecule has 3 heterocycles. The van der Waals surface area contributed by atoms with E-state index < -0.39 is 11.7 Å². The summed E-state index contributed by atoms with van der Waals surface area (Å²) in [5.41, 5.74) is 12.6. The van der Waals surface area contributed by atoms with Gasteiger partial charge < -0.3 is 31.3 Å². The molecular formula is C22H25FN6O3. The van der Waals surface area contributed by atoms with Crippen LogP contribution < -0.4 is 26.8 Å². The molecule has 0 saturated heterocycles. The summed E-state index contributed by atoms with van der Waals surface area (Å²) in [6.45, 7) is 0. The molecule has 0 unspecified atom stereocenters. The number of nitrogens with two attached hydrogens (primary N) is 2. The highest BCUT2D eigenvalue weighted by atomic mass is 19.1. The Morgan fingerprint density at radius 1 is 1.28 bits per heavy atom. The smallest absolute Gasteiger partial charge is 0.252 e. The van der Waals surface area contributed by atoms with E-state index in [0.29, 0.717) is 22.9 Å². The van der Waals surface area contributed by atoms with Crippen molar-refractivity contribution in [3.05, 3.63) is 48.1 Å². The summed E-state index contributed by atoms with van der Waals surface area (Å²) < 4.78 is 25.5. The lowest BCUT2D eigenvalue weighted by Gasteiger charge is -2.30. The Balaban J connectivity index is 1.68. The van der Waals surface area contributed by atoms with Gasteiger partial charge in [0.05, 0.1) is 36.4 Å². The van der Waals surface area contributed by atoms with Crippen LogP contribution in [0.3, 0.4) is 0 Å². The fraction of sp³-hybridized carbons (Fsp3) is 0.318. The number of rotatable bonds is 7. The number of amides is 1. The lowest BCUT2D eigenvalue weighted by atomic mass is 9.91. The number of carbonyl (C=O) groups excluding carboxylic acids is 1. The Hall–Kier alpha value is -3.66. The highest BCUT2D eigenvalue weighted by Crippen LogP contribution is 2.32. The predicted molar refractivity (Wildman–Crippen MR) is 118 cm³/mol. The first-order valence-corrected chi connectivity index (χ1v) is 10.3. The van der Waals surface area contributed by atoms with Crippen LogP contribution in [-0.4, -0.2) is 35.1 Å². The number of hydrogen-bond acceptors (Lipinski definition) is 8. The number of furan rings is 1. The van der Waals surface area contributed by atoms with Gasteiger partial charge in [-0.05, 0) is 37.1 Å². The van der Waals surface area contributed by atoms with Crippen LogP contribution in [0.25, 0.3) is 11.3 Å². The number of ether oxygens (including phenoxy) is 1. The zero-order valence-corrected chi connectivity index (χ0v) is 17.6. The molecule has 2 atom stereocenters. The van der Waals surface area contributed by atoms with Gasteiger partial charge in [-0.15, -0.1) is 0 Å². The number of nitrogens with zero attached hydrogens (tertiary/aromatic N) is 2. The summed E-state index contributed by atoms with van der Waals surface area (Å²) in [6.07, 6.45) is 6.77. The number of aromatic nitrogens is 2. The van der Waals surface area contributed by atoms with Gasteiger partial charge in [-0.25, -0.2) is 14.4 Å². The third-order valence-corrected chi connectivity index (χ3v) is 5.48. The van der Waals surface area contributed by atoms with E-state index in [2.05, 4.69) is 20.6 Å². The number of anilines is 3. The standard InChI is InChI=1S/C22H25FN6O3/c1-31-22-13(18-7-4-8-32-18)9-12(11-26-22)27-20-14(19(25)30)10-15(23)21(29-20)28-17-6-3-2-5-16(17)24/h4,7-11,16-17H,2-3,5-6,24H2,1H3,(H2,25,30)(H2,27,28,29)/t16-,17+/m0/s1. The number of halogens is 1. The number of nitrogens with one attached hydrogen (secondary N) is 2. The normalized spacial score (nSPS) is 18.2. The van der Waals surface area contributed by atoms with Crippen LogP contribution in [0.4, 0.5) is 21.7 Å². The van der Waals surface area contributed by atoms with Crippen LogP contribution in [0, 0.1) is 5.82 Å². The molecule has 0 spiro atoms. The minimum Gasteiger partial charge on any atom is -0.480 e. The zero-order chi connectivity index (χ0) is 22.7. The highest BCUT2D eigenvalue weighted by Gasteiger charge is 2.24. The average molecular weight is 440 g/mol. The molecule has 0 radical (unpaired) electrons. The Kier molecular flexibility index (Phi) is 6.22. The van der Waals surface area contributed by atoms with Crippen molar-refractivity contribution >= 4 is 23.2 Å². The Labute approximate surface area is 184 Å². The van der Waals surface area contributed by atoms with Crippen molar-refractivity contribution < 1.29 is 18.3 Å². The predicted octanol–water partition coefficient (Wildman–Crippen LogP) is 3.41. The number of primary amides is 1. The van der Waals surface area contributed by atoms with E-state index >= 15 is 0 Å². The molecule has 3 aromatic rings. The highest BCUT2D eigenvalue weighted by molar-refractivity contribution is 5.98. The van der Waals surface area contributed by atoms with Crippen LogP contribution in [0.15, 0.2) is 41.1 Å². The fourth-order valence-electron chi connectivity index (χ4n) is 3.82. The van der Waals surface area contributed by atoms with Crippen molar-refractivity contribution in [2.75, 3.05) is 17.7 Å². The van der Waals surface area contributed by atoms with E-state index in [1.54, 1.807) is 18.2 Å². The van der Waals surface area contributed by atoms with E-state index in [4.69, 9.17) is 20.6 Å². The number of pyridine rings is 2. The van der Waals surface area contributed by atoms with Gasteiger partial charge in [0.1, 0.15) is 11.6 Å². The molecule has 32 heavy (non-hydrogen) atoms. The Bertz CT molecular complexity index is 1110. The number of carbonyl (C=O) groups is 1. The summed E-state index contributed by atoms with van der Waals surface area (Å²) in [5.74, 6) is -0.468. The first-order chi connectivity index (χ1) is 15.5. The monoisotopic (exact) mass is 440 g/mol. The number of methoxy groups -OCH3 is 1. The van der Waals surface area contributed by atoms with Crippen molar-refractivity contribution in [1.29, 1.82) is 0 Å². The van der Waals surface area contributed by atoms with Crippen molar-refractivity contribution in [2.45, 2.75) is 37.8 Å².